The number of rotatable bonds is 2. The van der Waals surface area contributed by atoms with E-state index in [2.05, 4.69) is 15.1 Å². The normalized spacial score (nSPS) is 11.6. The van der Waals surface area contributed by atoms with Crippen molar-refractivity contribution in [3.63, 3.8) is 0 Å². The first-order chi connectivity index (χ1) is 8.38. The Morgan fingerprint density at radius 2 is 1.72 bits per heavy atom. The van der Waals surface area contributed by atoms with Gasteiger partial charge in [0.05, 0.1) is 5.56 Å². The van der Waals surface area contributed by atoms with Crippen molar-refractivity contribution >= 4 is 12.6 Å². The molecule has 0 radical (unpaired) electrons. The lowest BCUT2D eigenvalue weighted by atomic mass is 9.83. The molecule has 0 spiro atoms. The summed E-state index contributed by atoms with van der Waals surface area (Å²) in [5.74, 6) is -0.102. The predicted molar refractivity (Wildman–Crippen MR) is 54.0 cm³/mol. The minimum Gasteiger partial charge on any atom is -0.423 e. The zero-order valence-corrected chi connectivity index (χ0v) is 8.70. The van der Waals surface area contributed by atoms with E-state index >= 15 is 0 Å². The molecule has 2 N–H and O–H groups in total. The molecule has 0 aromatic carbocycles. The molecule has 0 aliphatic rings. The van der Waals surface area contributed by atoms with Crippen LogP contribution in [0.4, 0.5) is 13.2 Å². The highest BCUT2D eigenvalue weighted by Crippen LogP contribution is 2.27. The van der Waals surface area contributed by atoms with E-state index in [0.717, 1.165) is 10.9 Å². The molecule has 10 heteroatoms. The molecular formula is C8H6BF3N4O2. The lowest BCUT2D eigenvalue weighted by Gasteiger charge is -2.05. The number of hydrogen-bond acceptors (Lipinski definition) is 5. The van der Waals surface area contributed by atoms with Gasteiger partial charge in [-0.15, -0.1) is 0 Å². The lowest BCUT2D eigenvalue weighted by molar-refractivity contribution is -0.138. The highest BCUT2D eigenvalue weighted by Gasteiger charge is 2.31. The molecule has 0 aliphatic heterocycles. The number of halogens is 3. The maximum absolute atomic E-state index is 12.3. The summed E-state index contributed by atoms with van der Waals surface area (Å²) in [4.78, 5) is 6.99. The molecule has 2 heterocycles. The Labute approximate surface area is 98.9 Å². The second-order valence-electron chi connectivity index (χ2n) is 3.36. The van der Waals surface area contributed by atoms with Crippen molar-refractivity contribution in [1.82, 2.24) is 19.7 Å². The van der Waals surface area contributed by atoms with Crippen LogP contribution in [0.5, 0.6) is 0 Å². The standard InChI is InChI=1S/C8H6BF3N4O2/c10-8(11,12)5-1-13-7(14-2-5)16-4-6(3-15-16)9(17)18/h1-4,17-18H. The van der Waals surface area contributed by atoms with Gasteiger partial charge < -0.3 is 10.0 Å². The Morgan fingerprint density at radius 1 is 1.11 bits per heavy atom. The van der Waals surface area contributed by atoms with Crippen LogP contribution in [0.3, 0.4) is 0 Å². The van der Waals surface area contributed by atoms with Gasteiger partial charge in [0.15, 0.2) is 0 Å². The van der Waals surface area contributed by atoms with Crippen LogP contribution in [0.1, 0.15) is 5.56 Å². The van der Waals surface area contributed by atoms with Crippen LogP contribution in [0.2, 0.25) is 0 Å². The molecule has 94 valence electrons. The van der Waals surface area contributed by atoms with E-state index in [1.54, 1.807) is 0 Å². The van der Waals surface area contributed by atoms with Crippen molar-refractivity contribution in [3.05, 3.63) is 30.4 Å². The number of aromatic nitrogens is 4. The summed E-state index contributed by atoms with van der Waals surface area (Å²) in [6, 6.07) is 0. The average molecular weight is 258 g/mol. The lowest BCUT2D eigenvalue weighted by Crippen LogP contribution is -2.28. The first-order valence-electron chi connectivity index (χ1n) is 4.68. The smallest absolute Gasteiger partial charge is 0.423 e. The Balaban J connectivity index is 2.29. The van der Waals surface area contributed by atoms with Crippen LogP contribution in [0.25, 0.3) is 5.95 Å². The third-order valence-electron chi connectivity index (χ3n) is 2.07. The maximum atomic E-state index is 12.3. The van der Waals surface area contributed by atoms with E-state index in [-0.39, 0.29) is 11.4 Å². The fraction of sp³-hybridized carbons (Fsp3) is 0.125. The van der Waals surface area contributed by atoms with Gasteiger partial charge in [-0.2, -0.15) is 18.3 Å². The molecule has 0 unspecified atom stereocenters. The molecule has 2 aromatic heterocycles. The zero-order chi connectivity index (χ0) is 13.3. The molecule has 0 aliphatic carbocycles. The summed E-state index contributed by atoms with van der Waals surface area (Å²) >= 11 is 0. The quantitative estimate of drug-likeness (QED) is 0.700. The van der Waals surface area contributed by atoms with Crippen LogP contribution >= 0.6 is 0 Å². The molecular weight excluding hydrogens is 252 g/mol. The maximum Gasteiger partial charge on any atom is 0.491 e. The first kappa shape index (κ1) is 12.5. The monoisotopic (exact) mass is 258 g/mol. The highest BCUT2D eigenvalue weighted by atomic mass is 19.4. The Morgan fingerprint density at radius 3 is 2.17 bits per heavy atom. The molecule has 0 fully saturated rings. The second kappa shape index (κ2) is 4.39. The second-order valence-corrected chi connectivity index (χ2v) is 3.36. The third-order valence-corrected chi connectivity index (χ3v) is 2.07. The largest absolute Gasteiger partial charge is 0.491 e. The van der Waals surface area contributed by atoms with E-state index in [0.29, 0.717) is 12.4 Å². The van der Waals surface area contributed by atoms with Crippen molar-refractivity contribution in [2.24, 2.45) is 0 Å². The summed E-state index contributed by atoms with van der Waals surface area (Å²) in [7, 11) is -1.71. The topological polar surface area (TPSA) is 84.1 Å². The van der Waals surface area contributed by atoms with Crippen molar-refractivity contribution in [3.8, 4) is 5.95 Å². The Kier molecular flexibility index (Phi) is 3.05. The molecule has 18 heavy (non-hydrogen) atoms. The van der Waals surface area contributed by atoms with Gasteiger partial charge >= 0.3 is 13.3 Å². The van der Waals surface area contributed by atoms with Crippen molar-refractivity contribution in [1.29, 1.82) is 0 Å². The van der Waals surface area contributed by atoms with Crippen LogP contribution in [-0.2, 0) is 6.18 Å². The summed E-state index contributed by atoms with van der Waals surface area (Å²) in [6.07, 6.45) is -0.911. The Hall–Kier alpha value is -1.94. The van der Waals surface area contributed by atoms with Crippen LogP contribution in [-0.4, -0.2) is 36.9 Å². The van der Waals surface area contributed by atoms with Crippen molar-refractivity contribution < 1.29 is 23.2 Å². The minimum absolute atomic E-state index is 0.0819. The van der Waals surface area contributed by atoms with Gasteiger partial charge in [-0.05, 0) is 0 Å². The van der Waals surface area contributed by atoms with Gasteiger partial charge in [-0.25, -0.2) is 14.6 Å². The average Bonchev–Trinajstić information content (AvgIpc) is 2.77. The summed E-state index contributed by atoms with van der Waals surface area (Å²) < 4.78 is 37.8. The number of alkyl halides is 3. The van der Waals surface area contributed by atoms with E-state index in [4.69, 9.17) is 10.0 Å². The molecule has 6 nitrogen and oxygen atoms in total. The summed E-state index contributed by atoms with van der Waals surface area (Å²) in [5.41, 5.74) is -0.890. The van der Waals surface area contributed by atoms with Crippen LogP contribution < -0.4 is 5.46 Å². The molecule has 2 aromatic rings. The van der Waals surface area contributed by atoms with Gasteiger partial charge in [-0.1, -0.05) is 0 Å². The third kappa shape index (κ3) is 2.49. The highest BCUT2D eigenvalue weighted by molar-refractivity contribution is 6.58. The zero-order valence-electron chi connectivity index (χ0n) is 8.70. The van der Waals surface area contributed by atoms with Crippen molar-refractivity contribution in [2.75, 3.05) is 0 Å². The molecule has 0 saturated carbocycles. The number of nitrogens with zero attached hydrogens (tertiary/aromatic N) is 4. The summed E-state index contributed by atoms with van der Waals surface area (Å²) in [6.45, 7) is 0. The molecule has 2 rings (SSSR count). The van der Waals surface area contributed by atoms with E-state index in [9.17, 15) is 13.2 Å². The summed E-state index contributed by atoms with van der Waals surface area (Å²) in [5, 5.41) is 21.4. The van der Waals surface area contributed by atoms with E-state index < -0.39 is 18.9 Å². The fourth-order valence-corrected chi connectivity index (χ4v) is 1.17. The minimum atomic E-state index is -4.50. The van der Waals surface area contributed by atoms with Gasteiger partial charge in [-0.3, -0.25) is 0 Å². The van der Waals surface area contributed by atoms with E-state index in [1.165, 1.54) is 6.20 Å². The fourth-order valence-electron chi connectivity index (χ4n) is 1.17. The van der Waals surface area contributed by atoms with Gasteiger partial charge in [0, 0.05) is 30.3 Å². The van der Waals surface area contributed by atoms with E-state index in [1.807, 2.05) is 0 Å². The predicted octanol–water partition coefficient (Wildman–Crippen LogP) is -0.639. The Bertz CT molecular complexity index is 540. The van der Waals surface area contributed by atoms with Gasteiger partial charge in [0.1, 0.15) is 0 Å². The first-order valence-corrected chi connectivity index (χ1v) is 4.68. The molecule has 0 amide bonds. The number of hydrogen-bond donors (Lipinski definition) is 2. The van der Waals surface area contributed by atoms with Crippen molar-refractivity contribution in [2.45, 2.75) is 6.18 Å². The molecule has 0 atom stereocenters. The SMILES string of the molecule is OB(O)c1cnn(-c2ncc(C(F)(F)F)cn2)c1. The van der Waals surface area contributed by atoms with Crippen LogP contribution in [0, 0.1) is 0 Å². The van der Waals surface area contributed by atoms with Crippen LogP contribution in [0.15, 0.2) is 24.8 Å². The van der Waals surface area contributed by atoms with Gasteiger partial charge in [0.2, 0.25) is 5.95 Å². The molecule has 0 bridgehead atoms. The van der Waals surface area contributed by atoms with Gasteiger partial charge in [0.25, 0.3) is 0 Å². The molecule has 0 saturated heterocycles.